The van der Waals surface area contributed by atoms with E-state index in [4.69, 9.17) is 4.74 Å². The Bertz CT molecular complexity index is 1480. The number of hydrogen-bond donors (Lipinski definition) is 0. The number of methoxy groups -OCH3 is 1. The molecule has 0 aliphatic heterocycles. The van der Waals surface area contributed by atoms with Gasteiger partial charge in [-0.05, 0) is 50.2 Å². The Morgan fingerprint density at radius 2 is 1.79 bits per heavy atom. The van der Waals surface area contributed by atoms with E-state index in [1.807, 2.05) is 41.1 Å². The van der Waals surface area contributed by atoms with Gasteiger partial charge in [0, 0.05) is 34.1 Å². The Morgan fingerprint density at radius 3 is 2.52 bits per heavy atom. The first kappa shape index (κ1) is 21.4. The normalized spacial score (nSPS) is 11.2. The molecular formula is C24H21N5O2S2. The zero-order chi connectivity index (χ0) is 22.9. The van der Waals surface area contributed by atoms with Crippen LogP contribution in [0.4, 0.5) is 0 Å². The highest BCUT2D eigenvalue weighted by Crippen LogP contribution is 2.30. The van der Waals surface area contributed by atoms with Crippen LogP contribution in [0.2, 0.25) is 0 Å². The Morgan fingerprint density at radius 1 is 1.03 bits per heavy atom. The monoisotopic (exact) mass is 475 g/mol. The van der Waals surface area contributed by atoms with E-state index in [9.17, 15) is 4.79 Å². The van der Waals surface area contributed by atoms with E-state index in [1.165, 1.54) is 28.7 Å². The molecule has 33 heavy (non-hydrogen) atoms. The quantitative estimate of drug-likeness (QED) is 0.325. The Balaban J connectivity index is 1.52. The van der Waals surface area contributed by atoms with Gasteiger partial charge in [-0.3, -0.25) is 13.8 Å². The first-order valence-corrected chi connectivity index (χ1v) is 12.2. The fraction of sp³-hybridized carbons (Fsp3) is 0.167. The maximum absolute atomic E-state index is 12.5. The fourth-order valence-electron chi connectivity index (χ4n) is 3.53. The van der Waals surface area contributed by atoms with Crippen LogP contribution in [0.15, 0.2) is 69.9 Å². The number of aromatic nitrogens is 5. The van der Waals surface area contributed by atoms with E-state index in [1.54, 1.807) is 17.6 Å². The van der Waals surface area contributed by atoms with E-state index in [0.29, 0.717) is 10.7 Å². The second-order valence-corrected chi connectivity index (χ2v) is 9.35. The van der Waals surface area contributed by atoms with Crippen LogP contribution in [0, 0.1) is 13.8 Å². The minimum Gasteiger partial charge on any atom is -0.497 e. The molecule has 0 unspecified atom stereocenters. The van der Waals surface area contributed by atoms with E-state index in [0.717, 1.165) is 39.4 Å². The van der Waals surface area contributed by atoms with Gasteiger partial charge in [-0.15, -0.1) is 21.5 Å². The molecule has 0 saturated heterocycles. The SMILES string of the molecule is COc1ccc(-c2nnc(SCc3cc(=O)n4c(C)csc4n3)n2-c2ccc(C)cc2)cc1. The summed E-state index contributed by atoms with van der Waals surface area (Å²) in [4.78, 5) is 17.9. The minimum atomic E-state index is -0.0618. The molecule has 0 spiro atoms. The topological polar surface area (TPSA) is 74.3 Å². The zero-order valence-corrected chi connectivity index (χ0v) is 20.0. The summed E-state index contributed by atoms with van der Waals surface area (Å²) in [5.41, 5.74) is 4.63. The van der Waals surface area contributed by atoms with Crippen LogP contribution in [-0.2, 0) is 5.75 Å². The predicted molar refractivity (Wildman–Crippen MR) is 132 cm³/mol. The highest BCUT2D eigenvalue weighted by molar-refractivity contribution is 7.98. The maximum Gasteiger partial charge on any atom is 0.258 e. The van der Waals surface area contributed by atoms with Gasteiger partial charge in [-0.1, -0.05) is 29.5 Å². The number of thiazole rings is 1. The zero-order valence-electron chi connectivity index (χ0n) is 18.3. The van der Waals surface area contributed by atoms with Gasteiger partial charge in [0.2, 0.25) is 0 Å². The molecule has 7 nitrogen and oxygen atoms in total. The minimum absolute atomic E-state index is 0.0618. The summed E-state index contributed by atoms with van der Waals surface area (Å²) in [6.45, 7) is 3.97. The number of ether oxygens (including phenoxy) is 1. The number of rotatable bonds is 6. The van der Waals surface area contributed by atoms with Crippen LogP contribution in [0.3, 0.4) is 0 Å². The van der Waals surface area contributed by atoms with Gasteiger partial charge in [0.25, 0.3) is 5.56 Å². The van der Waals surface area contributed by atoms with Crippen molar-refractivity contribution < 1.29 is 4.74 Å². The third kappa shape index (κ3) is 4.17. The number of thioether (sulfide) groups is 1. The molecule has 0 N–H and O–H groups in total. The van der Waals surface area contributed by atoms with Crippen molar-refractivity contribution in [1.82, 2.24) is 24.1 Å². The maximum atomic E-state index is 12.5. The lowest BCUT2D eigenvalue weighted by Gasteiger charge is -2.11. The molecule has 5 aromatic rings. The molecule has 0 amide bonds. The van der Waals surface area contributed by atoms with E-state index in [2.05, 4.69) is 46.4 Å². The summed E-state index contributed by atoms with van der Waals surface area (Å²) >= 11 is 2.97. The molecule has 0 aliphatic rings. The summed E-state index contributed by atoms with van der Waals surface area (Å²) in [7, 11) is 1.65. The third-order valence-corrected chi connectivity index (χ3v) is 7.16. The summed E-state index contributed by atoms with van der Waals surface area (Å²) in [6.07, 6.45) is 0. The Hall–Kier alpha value is -3.43. The average Bonchev–Trinajstić information content (AvgIpc) is 3.42. The smallest absolute Gasteiger partial charge is 0.258 e. The van der Waals surface area contributed by atoms with Gasteiger partial charge >= 0.3 is 0 Å². The summed E-state index contributed by atoms with van der Waals surface area (Å²) in [5.74, 6) is 2.03. The first-order valence-electron chi connectivity index (χ1n) is 10.3. The van der Waals surface area contributed by atoms with Crippen LogP contribution in [-0.4, -0.2) is 31.3 Å². The van der Waals surface area contributed by atoms with Crippen LogP contribution in [0.1, 0.15) is 17.0 Å². The molecule has 0 atom stereocenters. The van der Waals surface area contributed by atoms with Crippen molar-refractivity contribution in [3.8, 4) is 22.8 Å². The molecule has 9 heteroatoms. The lowest BCUT2D eigenvalue weighted by atomic mass is 10.2. The number of nitrogens with zero attached hydrogens (tertiary/aromatic N) is 5. The van der Waals surface area contributed by atoms with Crippen LogP contribution >= 0.6 is 23.1 Å². The summed E-state index contributed by atoms with van der Waals surface area (Å²) < 4.78 is 8.96. The van der Waals surface area contributed by atoms with Crippen LogP contribution in [0.5, 0.6) is 5.75 Å². The van der Waals surface area contributed by atoms with E-state index in [-0.39, 0.29) is 5.56 Å². The van der Waals surface area contributed by atoms with Crippen molar-refractivity contribution in [2.24, 2.45) is 0 Å². The number of benzene rings is 2. The molecule has 5 rings (SSSR count). The van der Waals surface area contributed by atoms with E-state index < -0.39 is 0 Å². The molecule has 3 aromatic heterocycles. The molecule has 0 bridgehead atoms. The fourth-order valence-corrected chi connectivity index (χ4v) is 5.27. The van der Waals surface area contributed by atoms with E-state index >= 15 is 0 Å². The first-order chi connectivity index (χ1) is 16.0. The van der Waals surface area contributed by atoms with Crippen LogP contribution < -0.4 is 10.3 Å². The van der Waals surface area contributed by atoms with Crippen molar-refractivity contribution in [2.45, 2.75) is 24.8 Å². The third-order valence-electron chi connectivity index (χ3n) is 5.25. The van der Waals surface area contributed by atoms with Crippen molar-refractivity contribution in [2.75, 3.05) is 7.11 Å². The van der Waals surface area contributed by atoms with Gasteiger partial charge in [0.15, 0.2) is 15.9 Å². The largest absolute Gasteiger partial charge is 0.497 e. The molecule has 3 heterocycles. The Kier molecular flexibility index (Phi) is 5.74. The van der Waals surface area contributed by atoms with Crippen molar-refractivity contribution in [3.63, 3.8) is 0 Å². The van der Waals surface area contributed by atoms with Crippen molar-refractivity contribution in [3.05, 3.63) is 87.3 Å². The van der Waals surface area contributed by atoms with Gasteiger partial charge in [-0.25, -0.2) is 4.98 Å². The summed E-state index contributed by atoms with van der Waals surface area (Å²) in [6, 6.07) is 17.6. The molecule has 0 aliphatic carbocycles. The van der Waals surface area contributed by atoms with Crippen LogP contribution in [0.25, 0.3) is 22.0 Å². The second-order valence-electron chi connectivity index (χ2n) is 7.58. The lowest BCUT2D eigenvalue weighted by molar-refractivity contribution is 0.415. The summed E-state index contributed by atoms with van der Waals surface area (Å²) in [5, 5.41) is 11.6. The number of aryl methyl sites for hydroxylation is 2. The molecule has 0 saturated carbocycles. The Labute approximate surface area is 198 Å². The van der Waals surface area contributed by atoms with Crippen molar-refractivity contribution in [1.29, 1.82) is 0 Å². The predicted octanol–water partition coefficient (Wildman–Crippen LogP) is 4.92. The molecular weight excluding hydrogens is 454 g/mol. The average molecular weight is 476 g/mol. The number of fused-ring (bicyclic) bond motifs is 1. The molecule has 166 valence electrons. The highest BCUT2D eigenvalue weighted by atomic mass is 32.2. The van der Waals surface area contributed by atoms with Gasteiger partial charge in [0.05, 0.1) is 12.8 Å². The standard InChI is InChI=1S/C24H21N5O2S2/c1-15-4-8-19(9-5-15)29-22(17-6-10-20(31-3)11-7-17)26-27-24(29)33-14-18-12-21(30)28-16(2)13-32-23(28)25-18/h4-13H,14H2,1-3H3. The van der Waals surface area contributed by atoms with Gasteiger partial charge < -0.3 is 4.74 Å². The van der Waals surface area contributed by atoms with Crippen molar-refractivity contribution >= 4 is 28.1 Å². The molecule has 0 radical (unpaired) electrons. The lowest BCUT2D eigenvalue weighted by Crippen LogP contribution is -2.14. The molecule has 2 aromatic carbocycles. The van der Waals surface area contributed by atoms with Gasteiger partial charge in [-0.2, -0.15) is 0 Å². The number of hydrogen-bond acceptors (Lipinski definition) is 7. The second kappa shape index (κ2) is 8.84. The highest BCUT2D eigenvalue weighted by Gasteiger charge is 2.17. The van der Waals surface area contributed by atoms with Gasteiger partial charge in [0.1, 0.15) is 5.75 Å². The molecule has 0 fully saturated rings.